The van der Waals surface area contributed by atoms with E-state index in [9.17, 15) is 18.8 Å². The summed E-state index contributed by atoms with van der Waals surface area (Å²) in [6.45, 7) is 0.718. The number of para-hydroxylation sites is 1. The second-order valence-electron chi connectivity index (χ2n) is 7.16. The molecule has 150 valence electrons. The maximum Gasteiger partial charge on any atom is 0.229 e. The van der Waals surface area contributed by atoms with Crippen molar-refractivity contribution in [3.63, 3.8) is 0 Å². The smallest absolute Gasteiger partial charge is 0.229 e. The minimum atomic E-state index is -0.629. The molecule has 0 aliphatic carbocycles. The van der Waals surface area contributed by atoms with E-state index in [1.165, 1.54) is 17.0 Å². The molecule has 2 heterocycles. The average molecular weight is 416 g/mol. The van der Waals surface area contributed by atoms with Crippen molar-refractivity contribution in [2.75, 3.05) is 28.2 Å². The first-order valence-electron chi connectivity index (χ1n) is 9.39. The van der Waals surface area contributed by atoms with Crippen LogP contribution in [0.5, 0.6) is 0 Å². The van der Waals surface area contributed by atoms with Crippen LogP contribution in [0, 0.1) is 11.7 Å². The van der Waals surface area contributed by atoms with Gasteiger partial charge >= 0.3 is 0 Å². The summed E-state index contributed by atoms with van der Waals surface area (Å²) in [7, 11) is 0. The fourth-order valence-electron chi connectivity index (χ4n) is 3.72. The maximum absolute atomic E-state index is 14.0. The first-order chi connectivity index (χ1) is 13.9. The Hall–Kier alpha value is -2.93. The van der Waals surface area contributed by atoms with E-state index < -0.39 is 11.7 Å². The summed E-state index contributed by atoms with van der Waals surface area (Å²) in [6, 6.07) is 11.0. The fraction of sp³-hybridized carbons (Fsp3) is 0.286. The van der Waals surface area contributed by atoms with Crippen molar-refractivity contribution < 1.29 is 18.8 Å². The molecule has 6 nitrogen and oxygen atoms in total. The highest BCUT2D eigenvalue weighted by Gasteiger charge is 2.36. The van der Waals surface area contributed by atoms with Crippen LogP contribution in [-0.4, -0.2) is 30.8 Å². The van der Waals surface area contributed by atoms with Gasteiger partial charge in [0.05, 0.1) is 22.3 Å². The van der Waals surface area contributed by atoms with Gasteiger partial charge in [-0.05, 0) is 36.8 Å². The van der Waals surface area contributed by atoms with Crippen molar-refractivity contribution in [1.29, 1.82) is 0 Å². The van der Waals surface area contributed by atoms with Gasteiger partial charge in [0.1, 0.15) is 5.82 Å². The summed E-state index contributed by atoms with van der Waals surface area (Å²) >= 11 is 6.22. The molecule has 2 aromatic rings. The molecule has 3 amide bonds. The summed E-state index contributed by atoms with van der Waals surface area (Å²) in [5.41, 5.74) is 1.22. The van der Waals surface area contributed by atoms with E-state index in [1.54, 1.807) is 35.2 Å². The Kier molecular flexibility index (Phi) is 5.24. The van der Waals surface area contributed by atoms with E-state index in [0.29, 0.717) is 29.4 Å². The van der Waals surface area contributed by atoms with Crippen molar-refractivity contribution in [2.24, 2.45) is 5.92 Å². The topological polar surface area (TPSA) is 69.7 Å². The third-order valence-corrected chi connectivity index (χ3v) is 5.56. The van der Waals surface area contributed by atoms with Crippen LogP contribution in [0.1, 0.15) is 19.3 Å². The van der Waals surface area contributed by atoms with E-state index in [1.807, 2.05) is 0 Å². The second-order valence-corrected chi connectivity index (χ2v) is 7.57. The molecule has 0 bridgehead atoms. The van der Waals surface area contributed by atoms with E-state index in [2.05, 4.69) is 5.32 Å². The number of carbonyl (C=O) groups excluding carboxylic acids is 3. The molecule has 0 saturated carbocycles. The number of carbonyl (C=O) groups is 3. The zero-order valence-electron chi connectivity index (χ0n) is 15.5. The molecule has 2 aliphatic rings. The number of nitrogens with zero attached hydrogens (tertiary/aromatic N) is 2. The van der Waals surface area contributed by atoms with Crippen molar-refractivity contribution in [3.05, 3.63) is 53.3 Å². The lowest BCUT2D eigenvalue weighted by molar-refractivity contribution is -0.122. The SMILES string of the molecule is O=C(Nc1cc(N2CCCC2=O)ccc1Cl)C1CC(=O)N(c2ccccc2F)C1. The molecular weight excluding hydrogens is 397 g/mol. The van der Waals surface area contributed by atoms with Crippen molar-refractivity contribution in [3.8, 4) is 0 Å². The quantitative estimate of drug-likeness (QED) is 0.829. The van der Waals surface area contributed by atoms with E-state index in [-0.39, 0.29) is 36.4 Å². The second kappa shape index (κ2) is 7.83. The molecule has 8 heteroatoms. The zero-order valence-corrected chi connectivity index (χ0v) is 16.3. The highest BCUT2D eigenvalue weighted by atomic mass is 35.5. The molecule has 2 aromatic carbocycles. The predicted molar refractivity (Wildman–Crippen MR) is 109 cm³/mol. The molecule has 2 aliphatic heterocycles. The molecule has 1 atom stereocenters. The fourth-order valence-corrected chi connectivity index (χ4v) is 3.88. The van der Waals surface area contributed by atoms with Crippen molar-refractivity contribution >= 4 is 46.4 Å². The number of nitrogens with one attached hydrogen (secondary N) is 1. The van der Waals surface area contributed by atoms with Gasteiger partial charge in [-0.25, -0.2) is 4.39 Å². The molecule has 1 N–H and O–H groups in total. The standard InChI is InChI=1S/C21H19ClFN3O3/c22-15-8-7-14(25-9-3-6-19(25)27)11-17(15)24-21(29)13-10-20(28)26(12-13)18-5-2-1-4-16(18)23/h1-2,4-5,7-8,11,13H,3,6,9-10,12H2,(H,24,29). The van der Waals surface area contributed by atoms with Gasteiger partial charge in [0, 0.05) is 31.6 Å². The zero-order chi connectivity index (χ0) is 20.5. The lowest BCUT2D eigenvalue weighted by atomic mass is 10.1. The molecule has 0 aromatic heterocycles. The Morgan fingerprint density at radius 2 is 1.90 bits per heavy atom. The molecule has 2 saturated heterocycles. The lowest BCUT2D eigenvalue weighted by Crippen LogP contribution is -2.29. The maximum atomic E-state index is 14.0. The van der Waals surface area contributed by atoms with Gasteiger partial charge in [-0.1, -0.05) is 23.7 Å². The predicted octanol–water partition coefficient (Wildman–Crippen LogP) is 3.60. The van der Waals surface area contributed by atoms with Crippen LogP contribution in [0.2, 0.25) is 5.02 Å². The number of amides is 3. The Morgan fingerprint density at radius 3 is 2.62 bits per heavy atom. The Bertz CT molecular complexity index is 997. The Labute approximate surface area is 172 Å². The summed E-state index contributed by atoms with van der Waals surface area (Å²) < 4.78 is 14.0. The number of hydrogen-bond acceptors (Lipinski definition) is 3. The number of anilines is 3. The van der Waals surface area contributed by atoms with Crippen LogP contribution < -0.4 is 15.1 Å². The summed E-state index contributed by atoms with van der Waals surface area (Å²) in [5.74, 6) is -1.78. The number of benzene rings is 2. The van der Waals surface area contributed by atoms with Gasteiger partial charge in [0.15, 0.2) is 0 Å². The largest absolute Gasteiger partial charge is 0.324 e. The monoisotopic (exact) mass is 415 g/mol. The molecule has 2 fully saturated rings. The molecule has 4 rings (SSSR count). The van der Waals surface area contributed by atoms with Gasteiger partial charge < -0.3 is 15.1 Å². The summed E-state index contributed by atoms with van der Waals surface area (Å²) in [6.07, 6.45) is 1.28. The third-order valence-electron chi connectivity index (χ3n) is 5.23. The molecule has 0 radical (unpaired) electrons. The number of halogens is 2. The van der Waals surface area contributed by atoms with Gasteiger partial charge in [0.25, 0.3) is 0 Å². The van der Waals surface area contributed by atoms with Gasteiger partial charge in [-0.3, -0.25) is 14.4 Å². The molecule has 29 heavy (non-hydrogen) atoms. The Morgan fingerprint density at radius 1 is 1.10 bits per heavy atom. The molecular formula is C21H19ClFN3O3. The first-order valence-corrected chi connectivity index (χ1v) is 9.77. The van der Waals surface area contributed by atoms with Crippen molar-refractivity contribution in [1.82, 2.24) is 0 Å². The Balaban J connectivity index is 1.49. The normalized spacial score (nSPS) is 19.2. The summed E-state index contributed by atoms with van der Waals surface area (Å²) in [4.78, 5) is 40.0. The van der Waals surface area contributed by atoms with E-state index >= 15 is 0 Å². The van der Waals surface area contributed by atoms with Crippen LogP contribution in [0.15, 0.2) is 42.5 Å². The minimum absolute atomic E-state index is 0.0118. The van der Waals surface area contributed by atoms with Gasteiger partial charge in [0.2, 0.25) is 17.7 Å². The first kappa shape index (κ1) is 19.4. The lowest BCUT2D eigenvalue weighted by Gasteiger charge is -2.19. The number of rotatable bonds is 4. The highest BCUT2D eigenvalue weighted by molar-refractivity contribution is 6.34. The minimum Gasteiger partial charge on any atom is -0.324 e. The molecule has 0 spiro atoms. The van der Waals surface area contributed by atoms with Crippen LogP contribution in [-0.2, 0) is 14.4 Å². The van der Waals surface area contributed by atoms with Crippen LogP contribution in [0.4, 0.5) is 21.5 Å². The molecule has 1 unspecified atom stereocenters. The van der Waals surface area contributed by atoms with Crippen LogP contribution in [0.25, 0.3) is 0 Å². The van der Waals surface area contributed by atoms with Crippen molar-refractivity contribution in [2.45, 2.75) is 19.3 Å². The number of hydrogen-bond donors (Lipinski definition) is 1. The van der Waals surface area contributed by atoms with Crippen LogP contribution in [0.3, 0.4) is 0 Å². The average Bonchev–Trinajstić information content (AvgIpc) is 3.30. The van der Waals surface area contributed by atoms with Gasteiger partial charge in [-0.15, -0.1) is 0 Å². The third kappa shape index (κ3) is 3.82. The van der Waals surface area contributed by atoms with E-state index in [0.717, 1.165) is 6.42 Å². The van der Waals surface area contributed by atoms with E-state index in [4.69, 9.17) is 11.6 Å². The summed E-state index contributed by atoms with van der Waals surface area (Å²) in [5, 5.41) is 3.09. The van der Waals surface area contributed by atoms with Gasteiger partial charge in [-0.2, -0.15) is 0 Å². The highest BCUT2D eigenvalue weighted by Crippen LogP contribution is 2.32. The van der Waals surface area contributed by atoms with Crippen LogP contribution >= 0.6 is 11.6 Å².